The van der Waals surface area contributed by atoms with E-state index in [0.717, 1.165) is 36.4 Å². The summed E-state index contributed by atoms with van der Waals surface area (Å²) in [6.07, 6.45) is 2.21. The standard InChI is InChI=1S/C11H17N3O2S/c1-7-3-2-4-12-9(7)10(15)13-5-8-6-17-11(16)14-8/h6-7,9,12H,2-5H2,1H3,(H,13,15)(H,14,16). The first-order valence-corrected chi connectivity index (χ1v) is 6.72. The minimum atomic E-state index is -0.103. The number of aromatic amines is 1. The summed E-state index contributed by atoms with van der Waals surface area (Å²) in [6.45, 7) is 3.38. The maximum atomic E-state index is 11.9. The molecule has 2 unspecified atom stereocenters. The number of aromatic nitrogens is 1. The lowest BCUT2D eigenvalue weighted by molar-refractivity contribution is -0.125. The number of rotatable bonds is 3. The monoisotopic (exact) mass is 255 g/mol. The molecule has 0 bridgehead atoms. The van der Waals surface area contributed by atoms with Gasteiger partial charge in [-0.1, -0.05) is 18.3 Å². The first-order chi connectivity index (χ1) is 8.16. The first-order valence-electron chi connectivity index (χ1n) is 5.84. The van der Waals surface area contributed by atoms with Crippen molar-refractivity contribution in [3.63, 3.8) is 0 Å². The number of carbonyl (C=O) groups excluding carboxylic acids is 1. The third-order valence-corrected chi connectivity index (χ3v) is 3.79. The van der Waals surface area contributed by atoms with Crippen LogP contribution in [0.2, 0.25) is 0 Å². The first kappa shape index (κ1) is 12.3. The maximum absolute atomic E-state index is 11.9. The van der Waals surface area contributed by atoms with Crippen molar-refractivity contribution in [2.24, 2.45) is 5.92 Å². The lowest BCUT2D eigenvalue weighted by Crippen LogP contribution is -2.50. The van der Waals surface area contributed by atoms with E-state index in [9.17, 15) is 9.59 Å². The minimum Gasteiger partial charge on any atom is -0.349 e. The van der Waals surface area contributed by atoms with Gasteiger partial charge in [-0.3, -0.25) is 9.59 Å². The van der Waals surface area contributed by atoms with Gasteiger partial charge in [0.1, 0.15) is 0 Å². The predicted octanol–water partition coefficient (Wildman–Crippen LogP) is 0.441. The number of hydrogen-bond donors (Lipinski definition) is 3. The second-order valence-corrected chi connectivity index (χ2v) is 5.28. The summed E-state index contributed by atoms with van der Waals surface area (Å²) in [4.78, 5) is 25.4. The van der Waals surface area contributed by atoms with Gasteiger partial charge < -0.3 is 15.6 Å². The number of amides is 1. The Morgan fingerprint density at radius 1 is 1.65 bits per heavy atom. The summed E-state index contributed by atoms with van der Waals surface area (Å²) < 4.78 is 0. The van der Waals surface area contributed by atoms with Crippen LogP contribution in [0.25, 0.3) is 0 Å². The average molecular weight is 255 g/mol. The Kier molecular flexibility index (Phi) is 3.96. The van der Waals surface area contributed by atoms with E-state index < -0.39 is 0 Å². The molecule has 1 aliphatic rings. The Bertz CT molecular complexity index is 440. The van der Waals surface area contributed by atoms with Crippen LogP contribution in [0.5, 0.6) is 0 Å². The van der Waals surface area contributed by atoms with Gasteiger partial charge >= 0.3 is 4.87 Å². The Labute approximate surface area is 104 Å². The molecule has 1 aromatic heterocycles. The fourth-order valence-electron chi connectivity index (χ4n) is 2.09. The molecular weight excluding hydrogens is 238 g/mol. The van der Waals surface area contributed by atoms with Gasteiger partial charge in [-0.05, 0) is 25.3 Å². The molecule has 6 heteroatoms. The van der Waals surface area contributed by atoms with E-state index >= 15 is 0 Å². The summed E-state index contributed by atoms with van der Waals surface area (Å²) in [5.74, 6) is 0.384. The van der Waals surface area contributed by atoms with Crippen molar-refractivity contribution in [2.75, 3.05) is 6.54 Å². The van der Waals surface area contributed by atoms with E-state index in [1.54, 1.807) is 5.38 Å². The van der Waals surface area contributed by atoms with Crippen LogP contribution in [0, 0.1) is 5.92 Å². The minimum absolute atomic E-state index is 0.0178. The highest BCUT2D eigenvalue weighted by Crippen LogP contribution is 2.15. The molecule has 94 valence electrons. The van der Waals surface area contributed by atoms with Gasteiger partial charge in [-0.25, -0.2) is 0 Å². The van der Waals surface area contributed by atoms with Crippen LogP contribution in [-0.2, 0) is 11.3 Å². The maximum Gasteiger partial charge on any atom is 0.304 e. The van der Waals surface area contributed by atoms with Gasteiger partial charge in [0.2, 0.25) is 5.91 Å². The summed E-state index contributed by atoms with van der Waals surface area (Å²) in [5.41, 5.74) is 0.761. The quantitative estimate of drug-likeness (QED) is 0.734. The van der Waals surface area contributed by atoms with E-state index in [-0.39, 0.29) is 16.8 Å². The van der Waals surface area contributed by atoms with Gasteiger partial charge in [0.15, 0.2) is 0 Å². The molecule has 1 aliphatic heterocycles. The SMILES string of the molecule is CC1CCCNC1C(=O)NCc1csc(=O)[nH]1. The van der Waals surface area contributed by atoms with Crippen molar-refractivity contribution >= 4 is 17.2 Å². The number of H-pyrrole nitrogens is 1. The molecule has 5 nitrogen and oxygen atoms in total. The topological polar surface area (TPSA) is 74.0 Å². The highest BCUT2D eigenvalue weighted by atomic mass is 32.1. The van der Waals surface area contributed by atoms with E-state index in [2.05, 4.69) is 22.5 Å². The molecule has 1 amide bonds. The highest BCUT2D eigenvalue weighted by molar-refractivity contribution is 7.07. The molecule has 0 aromatic carbocycles. The van der Waals surface area contributed by atoms with E-state index in [0.29, 0.717) is 12.5 Å². The molecule has 1 fully saturated rings. The van der Waals surface area contributed by atoms with Crippen molar-refractivity contribution in [2.45, 2.75) is 32.4 Å². The lowest BCUT2D eigenvalue weighted by atomic mass is 9.92. The summed E-state index contributed by atoms with van der Waals surface area (Å²) in [5, 5.41) is 7.81. The smallest absolute Gasteiger partial charge is 0.304 e. The Balaban J connectivity index is 1.86. The molecule has 1 saturated heterocycles. The molecule has 3 N–H and O–H groups in total. The molecular formula is C11H17N3O2S. The summed E-state index contributed by atoms with van der Waals surface area (Å²) in [6, 6.07) is -0.103. The summed E-state index contributed by atoms with van der Waals surface area (Å²) >= 11 is 1.11. The zero-order valence-electron chi connectivity index (χ0n) is 9.79. The largest absolute Gasteiger partial charge is 0.349 e. The van der Waals surface area contributed by atoms with Crippen LogP contribution in [0.4, 0.5) is 0 Å². The molecule has 0 aliphatic carbocycles. The van der Waals surface area contributed by atoms with Gasteiger partial charge in [-0.2, -0.15) is 0 Å². The molecule has 17 heavy (non-hydrogen) atoms. The molecule has 2 atom stereocenters. The summed E-state index contributed by atoms with van der Waals surface area (Å²) in [7, 11) is 0. The van der Waals surface area contributed by atoms with Gasteiger partial charge in [-0.15, -0.1) is 0 Å². The van der Waals surface area contributed by atoms with Crippen molar-refractivity contribution < 1.29 is 4.79 Å². The second kappa shape index (κ2) is 5.46. The Morgan fingerprint density at radius 3 is 3.12 bits per heavy atom. The zero-order chi connectivity index (χ0) is 12.3. The van der Waals surface area contributed by atoms with E-state index in [1.807, 2.05) is 0 Å². The third-order valence-electron chi connectivity index (χ3n) is 3.08. The fourth-order valence-corrected chi connectivity index (χ4v) is 2.67. The molecule has 2 heterocycles. The predicted molar refractivity (Wildman–Crippen MR) is 67.0 cm³/mol. The van der Waals surface area contributed by atoms with Crippen LogP contribution in [0.1, 0.15) is 25.5 Å². The molecule has 0 spiro atoms. The van der Waals surface area contributed by atoms with Crippen molar-refractivity contribution in [1.29, 1.82) is 0 Å². The van der Waals surface area contributed by atoms with Crippen LogP contribution in [0.3, 0.4) is 0 Å². The van der Waals surface area contributed by atoms with Gasteiger partial charge in [0.25, 0.3) is 0 Å². The Hall–Kier alpha value is -1.14. The third kappa shape index (κ3) is 3.17. The number of thiazole rings is 1. The van der Waals surface area contributed by atoms with E-state index in [1.165, 1.54) is 0 Å². The van der Waals surface area contributed by atoms with E-state index in [4.69, 9.17) is 0 Å². The molecule has 2 rings (SSSR count). The molecule has 0 saturated carbocycles. The fraction of sp³-hybridized carbons (Fsp3) is 0.636. The van der Waals surface area contributed by atoms with Gasteiger partial charge in [0, 0.05) is 11.1 Å². The van der Waals surface area contributed by atoms with Crippen LogP contribution >= 0.6 is 11.3 Å². The molecule has 0 radical (unpaired) electrons. The number of carbonyl (C=O) groups is 1. The number of hydrogen-bond acceptors (Lipinski definition) is 4. The van der Waals surface area contributed by atoms with Crippen LogP contribution in [0.15, 0.2) is 10.2 Å². The lowest BCUT2D eigenvalue weighted by Gasteiger charge is -2.28. The van der Waals surface area contributed by atoms with Crippen molar-refractivity contribution in [1.82, 2.24) is 15.6 Å². The van der Waals surface area contributed by atoms with Crippen molar-refractivity contribution in [3.05, 3.63) is 20.7 Å². The molecule has 1 aromatic rings. The highest BCUT2D eigenvalue weighted by Gasteiger charge is 2.26. The Morgan fingerprint density at radius 2 is 2.47 bits per heavy atom. The second-order valence-electron chi connectivity index (χ2n) is 4.44. The number of nitrogens with one attached hydrogen (secondary N) is 3. The van der Waals surface area contributed by atoms with Gasteiger partial charge in [0.05, 0.1) is 12.6 Å². The van der Waals surface area contributed by atoms with Crippen molar-refractivity contribution in [3.8, 4) is 0 Å². The van der Waals surface area contributed by atoms with Crippen LogP contribution < -0.4 is 15.5 Å². The normalized spacial score (nSPS) is 24.5. The average Bonchev–Trinajstić information content (AvgIpc) is 2.73. The zero-order valence-corrected chi connectivity index (χ0v) is 10.6. The number of piperidine rings is 1. The van der Waals surface area contributed by atoms with Crippen LogP contribution in [-0.4, -0.2) is 23.5 Å².